The van der Waals surface area contributed by atoms with Crippen molar-refractivity contribution in [3.8, 4) is 11.3 Å². The normalized spacial score (nSPS) is 14.6. The van der Waals surface area contributed by atoms with E-state index in [0.29, 0.717) is 11.7 Å². The minimum Gasteiger partial charge on any atom is -0.331 e. The van der Waals surface area contributed by atoms with E-state index < -0.39 is 0 Å². The maximum atomic E-state index is 6.17. The molecule has 0 unspecified atom stereocenters. The number of H-pyrrole nitrogens is 1. The quantitative estimate of drug-likeness (QED) is 0.873. The summed E-state index contributed by atoms with van der Waals surface area (Å²) in [5.74, 6) is 0.729. The molecule has 1 aliphatic carbocycles. The summed E-state index contributed by atoms with van der Waals surface area (Å²) in [6, 6.07) is 6.53. The Hall–Kier alpha value is -1.32. The fourth-order valence-electron chi connectivity index (χ4n) is 2.57. The lowest BCUT2D eigenvalue weighted by Gasteiger charge is -2.16. The summed E-state index contributed by atoms with van der Waals surface area (Å²) in [7, 11) is 0. The molecule has 0 spiro atoms. The third kappa shape index (κ3) is 2.04. The van der Waals surface area contributed by atoms with Crippen molar-refractivity contribution in [3.63, 3.8) is 0 Å². The highest BCUT2D eigenvalue weighted by Crippen LogP contribution is 2.30. The van der Waals surface area contributed by atoms with Crippen molar-refractivity contribution in [1.29, 1.82) is 0 Å². The summed E-state index contributed by atoms with van der Waals surface area (Å²) in [6.07, 6.45) is 4.93. The van der Waals surface area contributed by atoms with Gasteiger partial charge in [-0.05, 0) is 42.9 Å². The van der Waals surface area contributed by atoms with Crippen molar-refractivity contribution in [3.05, 3.63) is 40.3 Å². The number of benzene rings is 1. The summed E-state index contributed by atoms with van der Waals surface area (Å²) in [4.78, 5) is 7.44. The number of aromatic amines is 1. The molecule has 1 heterocycles. The van der Waals surface area contributed by atoms with E-state index in [1.807, 2.05) is 0 Å². The molecule has 0 bridgehead atoms. The molecular formula is C14H16ClN3. The molecule has 0 atom stereocenters. The Kier molecular flexibility index (Phi) is 3.10. The number of hydrogen-bond acceptors (Lipinski definition) is 2. The SMILES string of the molecule is NCc1nc(-c2ccc3c(c2)CCCC3)c(Cl)[nH]1. The van der Waals surface area contributed by atoms with Gasteiger partial charge in [0.25, 0.3) is 0 Å². The molecule has 3 N–H and O–H groups in total. The number of hydrogen-bond donors (Lipinski definition) is 2. The molecule has 1 aliphatic rings. The number of halogens is 1. The number of imidazole rings is 1. The maximum Gasteiger partial charge on any atom is 0.134 e. The van der Waals surface area contributed by atoms with Gasteiger partial charge in [-0.15, -0.1) is 0 Å². The summed E-state index contributed by atoms with van der Waals surface area (Å²) < 4.78 is 0. The Labute approximate surface area is 111 Å². The van der Waals surface area contributed by atoms with Crippen LogP contribution in [0.1, 0.15) is 29.8 Å². The van der Waals surface area contributed by atoms with E-state index in [4.69, 9.17) is 17.3 Å². The van der Waals surface area contributed by atoms with Crippen molar-refractivity contribution in [2.45, 2.75) is 32.2 Å². The predicted octanol–water partition coefficient (Wildman–Crippen LogP) is 3.07. The minimum absolute atomic E-state index is 0.380. The predicted molar refractivity (Wildman–Crippen MR) is 73.6 cm³/mol. The molecule has 0 fully saturated rings. The highest BCUT2D eigenvalue weighted by atomic mass is 35.5. The molecule has 3 nitrogen and oxygen atoms in total. The zero-order valence-electron chi connectivity index (χ0n) is 10.2. The van der Waals surface area contributed by atoms with Gasteiger partial charge in [-0.2, -0.15) is 0 Å². The lowest BCUT2D eigenvalue weighted by molar-refractivity contribution is 0.686. The fourth-order valence-corrected chi connectivity index (χ4v) is 2.83. The topological polar surface area (TPSA) is 54.7 Å². The average Bonchev–Trinajstić information content (AvgIpc) is 2.79. The summed E-state index contributed by atoms with van der Waals surface area (Å²) in [5, 5.41) is 0.575. The van der Waals surface area contributed by atoms with Crippen LogP contribution in [0, 0.1) is 0 Å². The molecule has 1 aromatic heterocycles. The lowest BCUT2D eigenvalue weighted by atomic mass is 9.90. The van der Waals surface area contributed by atoms with Crippen molar-refractivity contribution in [2.24, 2.45) is 5.73 Å². The summed E-state index contributed by atoms with van der Waals surface area (Å²) in [5.41, 5.74) is 10.4. The number of nitrogens with two attached hydrogens (primary N) is 1. The standard InChI is InChI=1S/C14H16ClN3/c15-14-13(17-12(8-16)18-14)11-6-5-9-3-1-2-4-10(9)7-11/h5-7H,1-4,8,16H2,(H,17,18). The highest BCUT2D eigenvalue weighted by molar-refractivity contribution is 6.31. The summed E-state index contributed by atoms with van der Waals surface area (Å²) >= 11 is 6.17. The van der Waals surface area contributed by atoms with Crippen LogP contribution in [0.3, 0.4) is 0 Å². The zero-order valence-corrected chi connectivity index (χ0v) is 10.9. The van der Waals surface area contributed by atoms with Crippen LogP contribution in [-0.4, -0.2) is 9.97 Å². The van der Waals surface area contributed by atoms with Gasteiger partial charge in [0.2, 0.25) is 0 Å². The molecule has 4 heteroatoms. The molecule has 0 amide bonds. The minimum atomic E-state index is 0.380. The second-order valence-electron chi connectivity index (χ2n) is 4.74. The Morgan fingerprint density at radius 1 is 1.22 bits per heavy atom. The number of rotatable bonds is 2. The van der Waals surface area contributed by atoms with Gasteiger partial charge in [-0.1, -0.05) is 23.7 Å². The van der Waals surface area contributed by atoms with E-state index in [-0.39, 0.29) is 0 Å². The van der Waals surface area contributed by atoms with Crippen LogP contribution in [0.25, 0.3) is 11.3 Å². The van der Waals surface area contributed by atoms with Crippen LogP contribution in [0.4, 0.5) is 0 Å². The molecule has 0 aliphatic heterocycles. The first-order valence-corrected chi connectivity index (χ1v) is 6.72. The first-order valence-electron chi connectivity index (χ1n) is 6.34. The molecule has 3 rings (SSSR count). The van der Waals surface area contributed by atoms with E-state index in [9.17, 15) is 0 Å². The second-order valence-corrected chi connectivity index (χ2v) is 5.12. The Bertz CT molecular complexity index is 574. The van der Waals surface area contributed by atoms with E-state index in [1.165, 1.54) is 30.4 Å². The number of nitrogens with zero attached hydrogens (tertiary/aromatic N) is 1. The monoisotopic (exact) mass is 261 g/mol. The molecule has 1 aromatic carbocycles. The zero-order chi connectivity index (χ0) is 12.5. The Morgan fingerprint density at radius 2 is 2.00 bits per heavy atom. The van der Waals surface area contributed by atoms with Crippen molar-refractivity contribution in [2.75, 3.05) is 0 Å². The Balaban J connectivity index is 2.03. The second kappa shape index (κ2) is 4.75. The first-order chi connectivity index (χ1) is 8.78. The van der Waals surface area contributed by atoms with Crippen molar-refractivity contribution < 1.29 is 0 Å². The molecule has 2 aromatic rings. The molecule has 0 saturated heterocycles. The van der Waals surface area contributed by atoms with Crippen LogP contribution < -0.4 is 5.73 Å². The maximum absolute atomic E-state index is 6.17. The number of aryl methyl sites for hydroxylation is 2. The van der Waals surface area contributed by atoms with Gasteiger partial charge in [0.15, 0.2) is 0 Å². The number of fused-ring (bicyclic) bond motifs is 1. The van der Waals surface area contributed by atoms with Crippen molar-refractivity contribution in [1.82, 2.24) is 9.97 Å². The van der Waals surface area contributed by atoms with Gasteiger partial charge >= 0.3 is 0 Å². The lowest BCUT2D eigenvalue weighted by Crippen LogP contribution is -2.02. The third-order valence-electron chi connectivity index (χ3n) is 3.52. The van der Waals surface area contributed by atoms with Gasteiger partial charge in [0.05, 0.1) is 6.54 Å². The molecule has 18 heavy (non-hydrogen) atoms. The van der Waals surface area contributed by atoms with E-state index in [2.05, 4.69) is 28.2 Å². The van der Waals surface area contributed by atoms with Crippen molar-refractivity contribution >= 4 is 11.6 Å². The molecular weight excluding hydrogens is 246 g/mol. The molecule has 0 radical (unpaired) electrons. The van der Waals surface area contributed by atoms with Crippen LogP contribution in [0.5, 0.6) is 0 Å². The summed E-state index contributed by atoms with van der Waals surface area (Å²) in [6.45, 7) is 0.380. The highest BCUT2D eigenvalue weighted by Gasteiger charge is 2.14. The fraction of sp³-hybridized carbons (Fsp3) is 0.357. The smallest absolute Gasteiger partial charge is 0.134 e. The van der Waals surface area contributed by atoms with E-state index >= 15 is 0 Å². The third-order valence-corrected chi connectivity index (χ3v) is 3.80. The van der Waals surface area contributed by atoms with Gasteiger partial charge < -0.3 is 10.7 Å². The van der Waals surface area contributed by atoms with Crippen LogP contribution >= 0.6 is 11.6 Å². The van der Waals surface area contributed by atoms with E-state index in [0.717, 1.165) is 23.5 Å². The first kappa shape index (κ1) is 11.8. The van der Waals surface area contributed by atoms with Gasteiger partial charge in [0, 0.05) is 5.56 Å². The average molecular weight is 262 g/mol. The van der Waals surface area contributed by atoms with Gasteiger partial charge in [0.1, 0.15) is 16.7 Å². The Morgan fingerprint density at radius 3 is 2.72 bits per heavy atom. The van der Waals surface area contributed by atoms with Gasteiger partial charge in [-0.3, -0.25) is 0 Å². The van der Waals surface area contributed by atoms with Crippen LogP contribution in [-0.2, 0) is 19.4 Å². The number of nitrogens with one attached hydrogen (secondary N) is 1. The molecule has 94 valence electrons. The van der Waals surface area contributed by atoms with Crippen LogP contribution in [0.2, 0.25) is 5.15 Å². The molecule has 0 saturated carbocycles. The van der Waals surface area contributed by atoms with Gasteiger partial charge in [-0.25, -0.2) is 4.98 Å². The number of aromatic nitrogens is 2. The van der Waals surface area contributed by atoms with Crippen LogP contribution in [0.15, 0.2) is 18.2 Å². The van der Waals surface area contributed by atoms with E-state index in [1.54, 1.807) is 0 Å². The largest absolute Gasteiger partial charge is 0.331 e.